The molecule has 0 spiro atoms. The lowest BCUT2D eigenvalue weighted by molar-refractivity contribution is 0.0826. The highest BCUT2D eigenvalue weighted by molar-refractivity contribution is 4.48. The third-order valence-corrected chi connectivity index (χ3v) is 1.86. The van der Waals surface area contributed by atoms with Crippen molar-refractivity contribution >= 4 is 0 Å². The molecule has 0 fully saturated rings. The lowest BCUT2D eigenvalue weighted by Crippen LogP contribution is -2.02. The number of unbranched alkanes of at least 4 members (excludes halogenated alkanes) is 4. The van der Waals surface area contributed by atoms with E-state index in [-0.39, 0.29) is 0 Å². The Kier molecular flexibility index (Phi) is 11.1. The van der Waals surface area contributed by atoms with Crippen LogP contribution in [0.2, 0.25) is 0 Å². The molecule has 0 atom stereocenters. The van der Waals surface area contributed by atoms with Crippen LogP contribution < -0.4 is 0 Å². The lowest BCUT2D eigenvalue weighted by Gasteiger charge is -2.03. The number of rotatable bonds is 10. The first-order valence-corrected chi connectivity index (χ1v) is 5.22. The Bertz CT molecular complexity index is 102. The summed E-state index contributed by atoms with van der Waals surface area (Å²) >= 11 is 0. The molecule has 0 saturated heterocycles. The van der Waals surface area contributed by atoms with Crippen molar-refractivity contribution < 1.29 is 9.47 Å². The van der Waals surface area contributed by atoms with E-state index in [1.54, 1.807) is 0 Å². The molecule has 0 heterocycles. The van der Waals surface area contributed by atoms with E-state index in [0.717, 1.165) is 6.61 Å². The van der Waals surface area contributed by atoms with Gasteiger partial charge < -0.3 is 9.47 Å². The van der Waals surface area contributed by atoms with Gasteiger partial charge in [-0.05, 0) is 6.42 Å². The molecule has 0 amide bonds. The average Bonchev–Trinajstić information content (AvgIpc) is 2.16. The van der Waals surface area contributed by atoms with E-state index >= 15 is 0 Å². The lowest BCUT2D eigenvalue weighted by atomic mass is 10.2. The molecule has 0 aliphatic heterocycles. The van der Waals surface area contributed by atoms with Gasteiger partial charge in [-0.3, -0.25) is 0 Å². The first-order chi connectivity index (χ1) is 6.41. The highest BCUT2D eigenvalue weighted by Crippen LogP contribution is 2.01. The number of hydrogen-bond donors (Lipinski definition) is 0. The number of hydrogen-bond acceptors (Lipinski definition) is 2. The van der Waals surface area contributed by atoms with E-state index in [1.807, 2.05) is 0 Å². The van der Waals surface area contributed by atoms with Gasteiger partial charge >= 0.3 is 0 Å². The van der Waals surface area contributed by atoms with Crippen LogP contribution in [0.15, 0.2) is 12.8 Å². The normalized spacial score (nSPS) is 9.92. The summed E-state index contributed by atoms with van der Waals surface area (Å²) in [4.78, 5) is 0. The molecule has 0 aliphatic rings. The SMILES string of the molecule is C=COCCOCCCCCCC. The van der Waals surface area contributed by atoms with Gasteiger partial charge in [0.1, 0.15) is 6.61 Å². The van der Waals surface area contributed by atoms with Crippen molar-refractivity contribution in [3.63, 3.8) is 0 Å². The fraction of sp³-hybridized carbons (Fsp3) is 0.818. The summed E-state index contributed by atoms with van der Waals surface area (Å²) in [6.07, 6.45) is 7.89. The minimum absolute atomic E-state index is 0.623. The summed E-state index contributed by atoms with van der Waals surface area (Å²) in [5, 5.41) is 0. The number of ether oxygens (including phenoxy) is 2. The quantitative estimate of drug-likeness (QED) is 0.385. The summed E-state index contributed by atoms with van der Waals surface area (Å²) in [5.74, 6) is 0. The molecule has 0 aromatic heterocycles. The van der Waals surface area contributed by atoms with E-state index in [1.165, 1.54) is 38.4 Å². The molecule has 0 bridgehead atoms. The fourth-order valence-corrected chi connectivity index (χ4v) is 1.10. The topological polar surface area (TPSA) is 18.5 Å². The van der Waals surface area contributed by atoms with Crippen molar-refractivity contribution in [2.75, 3.05) is 19.8 Å². The fourth-order valence-electron chi connectivity index (χ4n) is 1.10. The molecule has 0 aromatic rings. The molecule has 0 N–H and O–H groups in total. The van der Waals surface area contributed by atoms with E-state index in [4.69, 9.17) is 9.47 Å². The largest absolute Gasteiger partial charge is 0.499 e. The van der Waals surface area contributed by atoms with E-state index in [2.05, 4.69) is 13.5 Å². The predicted octanol–water partition coefficient (Wildman–Crippen LogP) is 3.13. The average molecular weight is 186 g/mol. The minimum Gasteiger partial charge on any atom is -0.499 e. The Morgan fingerprint density at radius 1 is 1.00 bits per heavy atom. The monoisotopic (exact) mass is 186 g/mol. The summed E-state index contributed by atoms with van der Waals surface area (Å²) < 4.78 is 10.3. The first-order valence-electron chi connectivity index (χ1n) is 5.22. The molecule has 0 aromatic carbocycles. The van der Waals surface area contributed by atoms with Crippen molar-refractivity contribution in [2.24, 2.45) is 0 Å². The van der Waals surface area contributed by atoms with Crippen LogP contribution in [-0.4, -0.2) is 19.8 Å². The van der Waals surface area contributed by atoms with Crippen molar-refractivity contribution in [1.82, 2.24) is 0 Å². The minimum atomic E-state index is 0.623. The van der Waals surface area contributed by atoms with Crippen LogP contribution in [-0.2, 0) is 9.47 Å². The van der Waals surface area contributed by atoms with E-state index < -0.39 is 0 Å². The third kappa shape index (κ3) is 11.5. The molecule has 2 nitrogen and oxygen atoms in total. The van der Waals surface area contributed by atoms with Gasteiger partial charge in [-0.1, -0.05) is 39.2 Å². The van der Waals surface area contributed by atoms with Gasteiger partial charge in [-0.25, -0.2) is 0 Å². The Morgan fingerprint density at radius 3 is 2.46 bits per heavy atom. The van der Waals surface area contributed by atoms with Crippen molar-refractivity contribution in [3.05, 3.63) is 12.8 Å². The van der Waals surface area contributed by atoms with E-state index in [0.29, 0.717) is 13.2 Å². The third-order valence-electron chi connectivity index (χ3n) is 1.86. The Labute approximate surface area is 81.9 Å². The van der Waals surface area contributed by atoms with Crippen LogP contribution >= 0.6 is 0 Å². The molecule has 78 valence electrons. The maximum atomic E-state index is 5.34. The summed E-state index contributed by atoms with van der Waals surface area (Å²) in [6.45, 7) is 7.85. The second-order valence-corrected chi connectivity index (χ2v) is 3.06. The van der Waals surface area contributed by atoms with Gasteiger partial charge in [0.2, 0.25) is 0 Å². The molecule has 13 heavy (non-hydrogen) atoms. The Balaban J connectivity index is 2.79. The standard InChI is InChI=1S/C11H22O2/c1-3-5-6-7-8-9-13-11-10-12-4-2/h4H,2-3,5-11H2,1H3. The zero-order valence-corrected chi connectivity index (χ0v) is 8.76. The van der Waals surface area contributed by atoms with Crippen LogP contribution in [0.4, 0.5) is 0 Å². The molecule has 0 aliphatic carbocycles. The second-order valence-electron chi connectivity index (χ2n) is 3.06. The smallest absolute Gasteiger partial charge is 0.111 e. The van der Waals surface area contributed by atoms with Crippen LogP contribution in [0.3, 0.4) is 0 Å². The van der Waals surface area contributed by atoms with Gasteiger partial charge in [-0.2, -0.15) is 0 Å². The highest BCUT2D eigenvalue weighted by atomic mass is 16.5. The predicted molar refractivity (Wildman–Crippen MR) is 55.7 cm³/mol. The summed E-state index contributed by atoms with van der Waals surface area (Å²) in [7, 11) is 0. The molecular formula is C11H22O2. The molecule has 2 heteroatoms. The van der Waals surface area contributed by atoms with Crippen molar-refractivity contribution in [2.45, 2.75) is 39.0 Å². The molecule has 0 unspecified atom stereocenters. The van der Waals surface area contributed by atoms with Gasteiger partial charge in [0.15, 0.2) is 0 Å². The zero-order chi connectivity index (χ0) is 9.78. The van der Waals surface area contributed by atoms with Crippen molar-refractivity contribution in [3.8, 4) is 0 Å². The van der Waals surface area contributed by atoms with Crippen LogP contribution in [0.5, 0.6) is 0 Å². The Morgan fingerprint density at radius 2 is 1.77 bits per heavy atom. The summed E-state index contributed by atoms with van der Waals surface area (Å²) in [6, 6.07) is 0. The molecular weight excluding hydrogens is 164 g/mol. The second kappa shape index (κ2) is 11.5. The maximum Gasteiger partial charge on any atom is 0.111 e. The van der Waals surface area contributed by atoms with Gasteiger partial charge in [-0.15, -0.1) is 0 Å². The maximum absolute atomic E-state index is 5.34. The van der Waals surface area contributed by atoms with Gasteiger partial charge in [0.05, 0.1) is 12.9 Å². The van der Waals surface area contributed by atoms with E-state index in [9.17, 15) is 0 Å². The molecule has 0 saturated carbocycles. The van der Waals surface area contributed by atoms with Crippen molar-refractivity contribution in [1.29, 1.82) is 0 Å². The van der Waals surface area contributed by atoms with Gasteiger partial charge in [0, 0.05) is 6.61 Å². The van der Waals surface area contributed by atoms with Gasteiger partial charge in [0.25, 0.3) is 0 Å². The van der Waals surface area contributed by atoms with Crippen LogP contribution in [0.25, 0.3) is 0 Å². The van der Waals surface area contributed by atoms with Crippen LogP contribution in [0, 0.1) is 0 Å². The molecule has 0 radical (unpaired) electrons. The summed E-state index contributed by atoms with van der Waals surface area (Å²) in [5.41, 5.74) is 0. The highest BCUT2D eigenvalue weighted by Gasteiger charge is 1.89. The van der Waals surface area contributed by atoms with Crippen LogP contribution in [0.1, 0.15) is 39.0 Å². The zero-order valence-electron chi connectivity index (χ0n) is 8.76. The first kappa shape index (κ1) is 12.5. The molecule has 0 rings (SSSR count). The Hall–Kier alpha value is -0.500.